The summed E-state index contributed by atoms with van der Waals surface area (Å²) in [4.78, 5) is 9.13. The van der Waals surface area contributed by atoms with Crippen molar-refractivity contribution < 1.29 is 4.74 Å². The van der Waals surface area contributed by atoms with Gasteiger partial charge in [-0.3, -0.25) is 4.90 Å². The summed E-state index contributed by atoms with van der Waals surface area (Å²) in [5.74, 6) is 0.861. The molecule has 0 aliphatic carbocycles. The first kappa shape index (κ1) is 13.0. The van der Waals surface area contributed by atoms with Crippen LogP contribution in [0.15, 0.2) is 12.3 Å². The van der Waals surface area contributed by atoms with Crippen LogP contribution in [0.1, 0.15) is 6.42 Å². The van der Waals surface area contributed by atoms with E-state index < -0.39 is 0 Å². The molecule has 2 N–H and O–H groups in total. The molecule has 0 spiro atoms. The summed E-state index contributed by atoms with van der Waals surface area (Å²) in [6.07, 6.45) is 2.82. The number of morpholine rings is 1. The second kappa shape index (κ2) is 5.53. The first-order chi connectivity index (χ1) is 9.24. The number of ether oxygens (including phenoxy) is 1. The van der Waals surface area contributed by atoms with Crippen LogP contribution in [0.25, 0.3) is 0 Å². The molecule has 19 heavy (non-hydrogen) atoms. The van der Waals surface area contributed by atoms with Crippen LogP contribution < -0.4 is 10.6 Å². The van der Waals surface area contributed by atoms with Gasteiger partial charge in [0, 0.05) is 38.4 Å². The molecule has 0 amide bonds. The lowest BCUT2D eigenvalue weighted by Crippen LogP contribution is -2.44. The van der Waals surface area contributed by atoms with Crippen molar-refractivity contribution in [3.8, 4) is 0 Å². The number of pyridine rings is 1. The number of halogens is 1. The zero-order valence-electron chi connectivity index (χ0n) is 10.9. The lowest BCUT2D eigenvalue weighted by Gasteiger charge is -2.32. The van der Waals surface area contributed by atoms with Gasteiger partial charge in [-0.25, -0.2) is 4.98 Å². The Bertz CT molecular complexity index is 450. The van der Waals surface area contributed by atoms with Crippen molar-refractivity contribution in [2.75, 3.05) is 50.0 Å². The molecular formula is C13H19ClN4O. The molecule has 3 heterocycles. The Morgan fingerprint density at radius 2 is 2.11 bits per heavy atom. The Kier molecular flexibility index (Phi) is 3.77. The van der Waals surface area contributed by atoms with Gasteiger partial charge in [-0.05, 0) is 12.5 Å². The molecule has 2 saturated heterocycles. The molecule has 2 aliphatic rings. The number of nitrogens with two attached hydrogens (primary N) is 1. The predicted molar refractivity (Wildman–Crippen MR) is 76.7 cm³/mol. The molecule has 2 aliphatic heterocycles. The van der Waals surface area contributed by atoms with Gasteiger partial charge in [0.1, 0.15) is 0 Å². The third-order valence-electron chi connectivity index (χ3n) is 3.89. The van der Waals surface area contributed by atoms with Crippen molar-refractivity contribution in [2.24, 2.45) is 0 Å². The Balaban J connectivity index is 1.67. The lowest BCUT2D eigenvalue weighted by molar-refractivity contribution is 0.0209. The van der Waals surface area contributed by atoms with Crippen LogP contribution in [0, 0.1) is 0 Å². The van der Waals surface area contributed by atoms with E-state index in [-0.39, 0.29) is 0 Å². The highest BCUT2D eigenvalue weighted by molar-refractivity contribution is 6.30. The van der Waals surface area contributed by atoms with E-state index in [0.717, 1.165) is 51.6 Å². The van der Waals surface area contributed by atoms with Gasteiger partial charge in [0.15, 0.2) is 5.82 Å². The summed E-state index contributed by atoms with van der Waals surface area (Å²) < 4.78 is 5.40. The molecule has 6 heteroatoms. The number of anilines is 2. The normalized spacial score (nSPS) is 24.9. The zero-order chi connectivity index (χ0) is 13.2. The summed E-state index contributed by atoms with van der Waals surface area (Å²) in [6.45, 7) is 5.74. The lowest BCUT2D eigenvalue weighted by atomic mass is 10.2. The number of aromatic nitrogens is 1. The molecular weight excluding hydrogens is 264 g/mol. The maximum atomic E-state index is 6.00. The standard InChI is InChI=1S/C13H19ClN4O/c14-10-7-12(15)13(16-8-10)18-2-1-11(9-18)17-3-5-19-6-4-17/h7-8,11H,1-6,9,15H2. The number of rotatable bonds is 2. The van der Waals surface area contributed by atoms with E-state index in [0.29, 0.717) is 16.8 Å². The van der Waals surface area contributed by atoms with Gasteiger partial charge in [-0.1, -0.05) is 11.6 Å². The van der Waals surface area contributed by atoms with Crippen LogP contribution in [0.4, 0.5) is 11.5 Å². The zero-order valence-corrected chi connectivity index (χ0v) is 11.6. The summed E-state index contributed by atoms with van der Waals surface area (Å²) in [6, 6.07) is 2.35. The smallest absolute Gasteiger partial charge is 0.151 e. The van der Waals surface area contributed by atoms with Crippen LogP contribution in [0.5, 0.6) is 0 Å². The van der Waals surface area contributed by atoms with Crippen molar-refractivity contribution >= 4 is 23.1 Å². The van der Waals surface area contributed by atoms with E-state index >= 15 is 0 Å². The highest BCUT2D eigenvalue weighted by atomic mass is 35.5. The van der Waals surface area contributed by atoms with Crippen molar-refractivity contribution in [3.63, 3.8) is 0 Å². The van der Waals surface area contributed by atoms with E-state index in [2.05, 4.69) is 14.8 Å². The van der Waals surface area contributed by atoms with Gasteiger partial charge in [0.25, 0.3) is 0 Å². The number of hydrogen-bond donors (Lipinski definition) is 1. The van der Waals surface area contributed by atoms with E-state index in [1.807, 2.05) is 0 Å². The monoisotopic (exact) mass is 282 g/mol. The quantitative estimate of drug-likeness (QED) is 0.884. The fraction of sp³-hybridized carbons (Fsp3) is 0.615. The minimum Gasteiger partial charge on any atom is -0.396 e. The predicted octanol–water partition coefficient (Wildman–Crippen LogP) is 1.23. The molecule has 0 bridgehead atoms. The second-order valence-corrected chi connectivity index (χ2v) is 5.54. The molecule has 1 unspecified atom stereocenters. The van der Waals surface area contributed by atoms with Gasteiger partial charge >= 0.3 is 0 Å². The van der Waals surface area contributed by atoms with Crippen molar-refractivity contribution in [1.29, 1.82) is 0 Å². The van der Waals surface area contributed by atoms with Crippen LogP contribution in [0.2, 0.25) is 5.02 Å². The van der Waals surface area contributed by atoms with Crippen molar-refractivity contribution in [3.05, 3.63) is 17.3 Å². The van der Waals surface area contributed by atoms with E-state index in [4.69, 9.17) is 22.1 Å². The SMILES string of the molecule is Nc1cc(Cl)cnc1N1CCC(N2CCOCC2)C1. The highest BCUT2D eigenvalue weighted by Gasteiger charge is 2.30. The van der Waals surface area contributed by atoms with Gasteiger partial charge in [0.2, 0.25) is 0 Å². The third kappa shape index (κ3) is 2.78. The summed E-state index contributed by atoms with van der Waals surface area (Å²) in [5.41, 5.74) is 6.67. The fourth-order valence-corrected chi connectivity index (χ4v) is 3.05. The summed E-state index contributed by atoms with van der Waals surface area (Å²) in [7, 11) is 0. The molecule has 2 fully saturated rings. The Morgan fingerprint density at radius 1 is 1.32 bits per heavy atom. The largest absolute Gasteiger partial charge is 0.396 e. The van der Waals surface area contributed by atoms with Crippen LogP contribution >= 0.6 is 11.6 Å². The number of nitrogens with zero attached hydrogens (tertiary/aromatic N) is 3. The number of hydrogen-bond acceptors (Lipinski definition) is 5. The van der Waals surface area contributed by atoms with Gasteiger partial charge in [-0.15, -0.1) is 0 Å². The topological polar surface area (TPSA) is 54.6 Å². The number of nitrogen functional groups attached to an aromatic ring is 1. The molecule has 1 aromatic heterocycles. The molecule has 0 saturated carbocycles. The molecule has 1 atom stereocenters. The minimum atomic E-state index is 0.584. The van der Waals surface area contributed by atoms with Crippen LogP contribution in [-0.4, -0.2) is 55.3 Å². The van der Waals surface area contributed by atoms with Crippen LogP contribution in [0.3, 0.4) is 0 Å². The van der Waals surface area contributed by atoms with Gasteiger partial charge < -0.3 is 15.4 Å². The third-order valence-corrected chi connectivity index (χ3v) is 4.09. The fourth-order valence-electron chi connectivity index (χ4n) is 2.89. The average Bonchev–Trinajstić information content (AvgIpc) is 2.89. The van der Waals surface area contributed by atoms with Gasteiger partial charge in [0.05, 0.1) is 23.9 Å². The minimum absolute atomic E-state index is 0.584. The molecule has 5 nitrogen and oxygen atoms in total. The summed E-state index contributed by atoms with van der Waals surface area (Å²) in [5, 5.41) is 0.588. The Morgan fingerprint density at radius 3 is 2.84 bits per heavy atom. The Hall–Kier alpha value is -1.04. The molecule has 0 aromatic carbocycles. The van der Waals surface area contributed by atoms with E-state index in [1.54, 1.807) is 12.3 Å². The maximum absolute atomic E-state index is 6.00. The molecule has 1 aromatic rings. The molecule has 0 radical (unpaired) electrons. The van der Waals surface area contributed by atoms with E-state index in [9.17, 15) is 0 Å². The molecule has 3 rings (SSSR count). The van der Waals surface area contributed by atoms with Crippen molar-refractivity contribution in [1.82, 2.24) is 9.88 Å². The first-order valence-corrected chi connectivity index (χ1v) is 7.09. The second-order valence-electron chi connectivity index (χ2n) is 5.10. The van der Waals surface area contributed by atoms with Gasteiger partial charge in [-0.2, -0.15) is 0 Å². The maximum Gasteiger partial charge on any atom is 0.151 e. The average molecular weight is 283 g/mol. The first-order valence-electron chi connectivity index (χ1n) is 6.72. The van der Waals surface area contributed by atoms with Crippen LogP contribution in [-0.2, 0) is 4.74 Å². The molecule has 104 valence electrons. The van der Waals surface area contributed by atoms with Crippen molar-refractivity contribution in [2.45, 2.75) is 12.5 Å². The highest BCUT2D eigenvalue weighted by Crippen LogP contribution is 2.28. The van der Waals surface area contributed by atoms with E-state index in [1.165, 1.54) is 0 Å². The Labute approximate surface area is 118 Å². The summed E-state index contributed by atoms with van der Waals surface area (Å²) >= 11 is 5.89.